The van der Waals surface area contributed by atoms with E-state index in [4.69, 9.17) is 4.74 Å². The Morgan fingerprint density at radius 3 is 2.64 bits per heavy atom. The van der Waals surface area contributed by atoms with Crippen LogP contribution in [-0.4, -0.2) is 12.1 Å². The Kier molecular flexibility index (Phi) is 4.57. The standard InChI is InChI=1S/C20H23NO/c1-3-5-17-16(14-15-10-12-21-13-11-15)8-9-19-18(17)6-4-7-20(19)22-2/h4,6-7,10-13H,3,5,8-9,14H2,1-2H3. The molecule has 3 rings (SSSR count). The molecule has 2 heteroatoms. The molecule has 0 unspecified atom stereocenters. The largest absolute Gasteiger partial charge is 0.496 e. The molecule has 0 fully saturated rings. The first kappa shape index (κ1) is 14.8. The summed E-state index contributed by atoms with van der Waals surface area (Å²) in [5.41, 5.74) is 7.24. The first-order valence-electron chi connectivity index (χ1n) is 8.09. The van der Waals surface area contributed by atoms with Crippen LogP contribution in [0.5, 0.6) is 5.75 Å². The zero-order chi connectivity index (χ0) is 15.4. The molecule has 1 aromatic carbocycles. The van der Waals surface area contributed by atoms with Gasteiger partial charge in [-0.25, -0.2) is 0 Å². The van der Waals surface area contributed by atoms with Gasteiger partial charge in [-0.15, -0.1) is 0 Å². The van der Waals surface area contributed by atoms with Crippen molar-refractivity contribution in [2.75, 3.05) is 7.11 Å². The highest BCUT2D eigenvalue weighted by Gasteiger charge is 2.21. The third-order valence-electron chi connectivity index (χ3n) is 4.45. The number of hydrogen-bond acceptors (Lipinski definition) is 2. The summed E-state index contributed by atoms with van der Waals surface area (Å²) >= 11 is 0. The molecule has 114 valence electrons. The smallest absolute Gasteiger partial charge is 0.122 e. The number of benzene rings is 1. The number of allylic oxidation sites excluding steroid dienone is 2. The predicted octanol–water partition coefficient (Wildman–Crippen LogP) is 4.83. The summed E-state index contributed by atoms with van der Waals surface area (Å²) in [4.78, 5) is 4.12. The fourth-order valence-electron chi connectivity index (χ4n) is 3.42. The van der Waals surface area contributed by atoms with E-state index in [-0.39, 0.29) is 0 Å². The lowest BCUT2D eigenvalue weighted by molar-refractivity contribution is 0.409. The average Bonchev–Trinajstić information content (AvgIpc) is 2.57. The van der Waals surface area contributed by atoms with E-state index in [9.17, 15) is 0 Å². The van der Waals surface area contributed by atoms with Gasteiger partial charge in [0.15, 0.2) is 0 Å². The fourth-order valence-corrected chi connectivity index (χ4v) is 3.42. The molecule has 2 aromatic rings. The third kappa shape index (κ3) is 2.92. The van der Waals surface area contributed by atoms with Crippen LogP contribution in [0.3, 0.4) is 0 Å². The Hall–Kier alpha value is -2.09. The van der Waals surface area contributed by atoms with Crippen LogP contribution in [0, 0.1) is 0 Å². The number of pyridine rings is 1. The lowest BCUT2D eigenvalue weighted by Crippen LogP contribution is -2.09. The van der Waals surface area contributed by atoms with Gasteiger partial charge < -0.3 is 4.74 Å². The molecule has 1 aliphatic rings. The van der Waals surface area contributed by atoms with Gasteiger partial charge in [0, 0.05) is 18.0 Å². The SMILES string of the molecule is CCCC1=C(Cc2ccncc2)CCc2c(OC)cccc21. The number of rotatable bonds is 5. The molecule has 2 nitrogen and oxygen atoms in total. The Balaban J connectivity index is 2.02. The average molecular weight is 293 g/mol. The molecule has 0 spiro atoms. The second-order valence-electron chi connectivity index (χ2n) is 5.85. The first-order valence-corrected chi connectivity index (χ1v) is 8.09. The Bertz CT molecular complexity index is 673. The van der Waals surface area contributed by atoms with Crippen molar-refractivity contribution >= 4 is 5.57 Å². The van der Waals surface area contributed by atoms with Gasteiger partial charge >= 0.3 is 0 Å². The topological polar surface area (TPSA) is 22.1 Å². The van der Waals surface area contributed by atoms with Crippen molar-refractivity contribution in [3.63, 3.8) is 0 Å². The fraction of sp³-hybridized carbons (Fsp3) is 0.350. The summed E-state index contributed by atoms with van der Waals surface area (Å²) in [6, 6.07) is 10.7. The lowest BCUT2D eigenvalue weighted by Gasteiger charge is -2.25. The van der Waals surface area contributed by atoms with E-state index in [1.807, 2.05) is 12.4 Å². The molecule has 1 aliphatic carbocycles. The maximum atomic E-state index is 5.56. The molecular formula is C20H23NO. The van der Waals surface area contributed by atoms with Crippen molar-refractivity contribution in [1.82, 2.24) is 4.98 Å². The van der Waals surface area contributed by atoms with Gasteiger partial charge in [-0.2, -0.15) is 0 Å². The molecule has 0 atom stereocenters. The maximum absolute atomic E-state index is 5.56. The van der Waals surface area contributed by atoms with Crippen LogP contribution in [-0.2, 0) is 12.8 Å². The normalized spacial score (nSPS) is 13.9. The molecule has 1 heterocycles. The molecule has 0 N–H and O–H groups in total. The third-order valence-corrected chi connectivity index (χ3v) is 4.45. The monoisotopic (exact) mass is 293 g/mol. The van der Waals surface area contributed by atoms with Crippen molar-refractivity contribution < 1.29 is 4.74 Å². The highest BCUT2D eigenvalue weighted by Crippen LogP contribution is 2.39. The molecule has 0 saturated carbocycles. The van der Waals surface area contributed by atoms with Crippen molar-refractivity contribution in [3.8, 4) is 5.75 Å². The van der Waals surface area contributed by atoms with Gasteiger partial charge in [0.25, 0.3) is 0 Å². The zero-order valence-corrected chi connectivity index (χ0v) is 13.4. The minimum atomic E-state index is 1.04. The van der Waals surface area contributed by atoms with Crippen molar-refractivity contribution in [2.24, 2.45) is 0 Å². The van der Waals surface area contributed by atoms with E-state index in [0.717, 1.165) is 31.4 Å². The highest BCUT2D eigenvalue weighted by molar-refractivity contribution is 5.75. The maximum Gasteiger partial charge on any atom is 0.122 e. The second-order valence-corrected chi connectivity index (χ2v) is 5.85. The van der Waals surface area contributed by atoms with Crippen molar-refractivity contribution in [3.05, 3.63) is 65.0 Å². The molecule has 0 aliphatic heterocycles. The predicted molar refractivity (Wildman–Crippen MR) is 91.1 cm³/mol. The van der Waals surface area contributed by atoms with Crippen LogP contribution in [0.2, 0.25) is 0 Å². The summed E-state index contributed by atoms with van der Waals surface area (Å²) in [5.74, 6) is 1.04. The molecule has 0 amide bonds. The van der Waals surface area contributed by atoms with Crippen molar-refractivity contribution in [2.45, 2.75) is 39.0 Å². The van der Waals surface area contributed by atoms with Crippen LogP contribution in [0.4, 0.5) is 0 Å². The van der Waals surface area contributed by atoms with Crippen LogP contribution in [0.1, 0.15) is 42.9 Å². The molecule has 1 aromatic heterocycles. The second kappa shape index (κ2) is 6.78. The summed E-state index contributed by atoms with van der Waals surface area (Å²) in [5, 5.41) is 0. The number of hydrogen-bond donors (Lipinski definition) is 0. The minimum Gasteiger partial charge on any atom is -0.496 e. The lowest BCUT2D eigenvalue weighted by atomic mass is 9.81. The van der Waals surface area contributed by atoms with Gasteiger partial charge in [0.2, 0.25) is 0 Å². The number of methoxy groups -OCH3 is 1. The van der Waals surface area contributed by atoms with Crippen LogP contribution < -0.4 is 4.74 Å². The molecule has 0 saturated heterocycles. The van der Waals surface area contributed by atoms with E-state index in [0.29, 0.717) is 0 Å². The van der Waals surface area contributed by atoms with Gasteiger partial charge in [0.05, 0.1) is 7.11 Å². The number of nitrogens with zero attached hydrogens (tertiary/aromatic N) is 1. The highest BCUT2D eigenvalue weighted by atomic mass is 16.5. The Morgan fingerprint density at radius 2 is 1.91 bits per heavy atom. The van der Waals surface area contributed by atoms with Crippen LogP contribution in [0.25, 0.3) is 5.57 Å². The van der Waals surface area contributed by atoms with E-state index in [1.165, 1.54) is 28.7 Å². The van der Waals surface area contributed by atoms with Crippen molar-refractivity contribution in [1.29, 1.82) is 0 Å². The molecule has 22 heavy (non-hydrogen) atoms. The van der Waals surface area contributed by atoms with Gasteiger partial charge in [-0.3, -0.25) is 4.98 Å². The van der Waals surface area contributed by atoms with Crippen LogP contribution >= 0.6 is 0 Å². The molecule has 0 bridgehead atoms. The summed E-state index contributed by atoms with van der Waals surface area (Å²) in [6.45, 7) is 2.26. The van der Waals surface area contributed by atoms with Gasteiger partial charge in [-0.05, 0) is 60.6 Å². The van der Waals surface area contributed by atoms with Gasteiger partial charge in [-0.1, -0.05) is 31.1 Å². The number of ether oxygens (including phenoxy) is 1. The van der Waals surface area contributed by atoms with E-state index >= 15 is 0 Å². The quantitative estimate of drug-likeness (QED) is 0.787. The minimum absolute atomic E-state index is 1.04. The molecular weight excluding hydrogens is 270 g/mol. The number of fused-ring (bicyclic) bond motifs is 1. The van der Waals surface area contributed by atoms with Crippen LogP contribution in [0.15, 0.2) is 48.3 Å². The summed E-state index contributed by atoms with van der Waals surface area (Å²) in [6.07, 6.45) is 9.32. The summed E-state index contributed by atoms with van der Waals surface area (Å²) < 4.78 is 5.56. The van der Waals surface area contributed by atoms with E-state index in [2.05, 4.69) is 42.2 Å². The number of aromatic nitrogens is 1. The zero-order valence-electron chi connectivity index (χ0n) is 13.4. The molecule has 0 radical (unpaired) electrons. The first-order chi connectivity index (χ1) is 10.8. The summed E-state index contributed by atoms with van der Waals surface area (Å²) in [7, 11) is 1.77. The van der Waals surface area contributed by atoms with Gasteiger partial charge in [0.1, 0.15) is 5.75 Å². The van der Waals surface area contributed by atoms with E-state index in [1.54, 1.807) is 12.7 Å². The Labute approximate surface area is 132 Å². The Morgan fingerprint density at radius 1 is 1.09 bits per heavy atom. The van der Waals surface area contributed by atoms with E-state index < -0.39 is 0 Å².